The second-order valence-electron chi connectivity index (χ2n) is 7.42. The predicted octanol–water partition coefficient (Wildman–Crippen LogP) is 1.99. The average Bonchev–Trinajstić information content (AvgIpc) is 3.15. The summed E-state index contributed by atoms with van der Waals surface area (Å²) in [5, 5.41) is 0. The molecule has 0 aromatic heterocycles. The molecule has 7 heteroatoms. The number of fused-ring (bicyclic) bond motifs is 2. The first-order chi connectivity index (χ1) is 13.0. The molecule has 0 N–H and O–H groups in total. The van der Waals surface area contributed by atoms with Gasteiger partial charge in [-0.1, -0.05) is 6.07 Å². The molecule has 1 aromatic carbocycles. The first-order valence-corrected chi connectivity index (χ1v) is 9.43. The monoisotopic (exact) mass is 372 g/mol. The summed E-state index contributed by atoms with van der Waals surface area (Å²) in [6.45, 7) is 0. The summed E-state index contributed by atoms with van der Waals surface area (Å²) >= 11 is 0. The number of rotatable bonds is 4. The molecule has 3 aliphatic heterocycles. The zero-order chi connectivity index (χ0) is 19.1. The molecular formula is C20H24N2O5. The van der Waals surface area contributed by atoms with Gasteiger partial charge in [0.15, 0.2) is 0 Å². The third kappa shape index (κ3) is 2.85. The van der Waals surface area contributed by atoms with Gasteiger partial charge in [-0.3, -0.25) is 19.3 Å². The molecule has 3 fully saturated rings. The number of imide groups is 1. The Hall–Kier alpha value is -2.57. The van der Waals surface area contributed by atoms with Crippen molar-refractivity contribution in [3.63, 3.8) is 0 Å². The van der Waals surface area contributed by atoms with Gasteiger partial charge in [-0.2, -0.15) is 0 Å². The lowest BCUT2D eigenvalue weighted by Gasteiger charge is -2.41. The van der Waals surface area contributed by atoms with E-state index in [1.54, 1.807) is 18.2 Å². The van der Waals surface area contributed by atoms with Crippen LogP contribution in [0, 0.1) is 0 Å². The third-order valence-electron chi connectivity index (χ3n) is 6.04. The molecule has 2 unspecified atom stereocenters. The Morgan fingerprint density at radius 2 is 1.44 bits per heavy atom. The number of carbonyl (C=O) groups is 3. The van der Waals surface area contributed by atoms with E-state index in [-0.39, 0.29) is 35.8 Å². The van der Waals surface area contributed by atoms with E-state index in [9.17, 15) is 14.4 Å². The van der Waals surface area contributed by atoms with Crippen LogP contribution in [0.2, 0.25) is 0 Å². The second kappa shape index (κ2) is 6.87. The van der Waals surface area contributed by atoms with Gasteiger partial charge >= 0.3 is 0 Å². The van der Waals surface area contributed by atoms with Crippen molar-refractivity contribution < 1.29 is 23.9 Å². The van der Waals surface area contributed by atoms with Crippen LogP contribution < -0.4 is 9.47 Å². The lowest BCUT2D eigenvalue weighted by molar-refractivity contribution is -0.142. The van der Waals surface area contributed by atoms with E-state index in [1.807, 2.05) is 4.90 Å². The lowest BCUT2D eigenvalue weighted by Crippen LogP contribution is -2.53. The first kappa shape index (κ1) is 17.8. The van der Waals surface area contributed by atoms with Crippen molar-refractivity contribution in [2.75, 3.05) is 14.2 Å². The molecule has 7 nitrogen and oxygen atoms in total. The van der Waals surface area contributed by atoms with Gasteiger partial charge in [0.05, 0.1) is 14.2 Å². The average molecular weight is 372 g/mol. The fraction of sp³-hybridized carbons (Fsp3) is 0.550. The quantitative estimate of drug-likeness (QED) is 0.756. The Morgan fingerprint density at radius 3 is 1.93 bits per heavy atom. The Balaban J connectivity index is 1.60. The van der Waals surface area contributed by atoms with Gasteiger partial charge in [-0.15, -0.1) is 0 Å². The zero-order valence-electron chi connectivity index (χ0n) is 15.6. The van der Waals surface area contributed by atoms with Crippen LogP contribution in [-0.2, 0) is 9.59 Å². The standard InChI is InChI=1S/C20H24N2O5/c1-26-15-4-3-5-16(27-2)19(15)20(25)21-12-6-7-13(21)11-14(10-12)22-17(23)8-9-18(22)24/h3-5,12-14H,6-11H2,1-2H3. The highest BCUT2D eigenvalue weighted by atomic mass is 16.5. The van der Waals surface area contributed by atoms with Crippen molar-refractivity contribution in [3.05, 3.63) is 23.8 Å². The summed E-state index contributed by atoms with van der Waals surface area (Å²) in [7, 11) is 3.08. The highest BCUT2D eigenvalue weighted by Crippen LogP contribution is 2.41. The highest BCUT2D eigenvalue weighted by molar-refractivity contribution is 6.02. The number of amides is 3. The Bertz CT molecular complexity index is 740. The molecule has 2 bridgehead atoms. The molecule has 0 aliphatic carbocycles. The number of carbonyl (C=O) groups excluding carboxylic acids is 3. The van der Waals surface area contributed by atoms with Gasteiger partial charge in [0.25, 0.3) is 5.91 Å². The maximum absolute atomic E-state index is 13.4. The summed E-state index contributed by atoms with van der Waals surface area (Å²) in [5.41, 5.74) is 0.436. The van der Waals surface area contributed by atoms with E-state index < -0.39 is 0 Å². The number of ether oxygens (including phenoxy) is 2. The molecule has 0 radical (unpaired) electrons. The molecule has 4 rings (SSSR count). The van der Waals surface area contributed by atoms with Gasteiger partial charge in [0.1, 0.15) is 17.1 Å². The van der Waals surface area contributed by atoms with Crippen molar-refractivity contribution in [2.24, 2.45) is 0 Å². The Kier molecular flexibility index (Phi) is 4.53. The summed E-state index contributed by atoms with van der Waals surface area (Å²) in [6, 6.07) is 5.26. The van der Waals surface area contributed by atoms with Gasteiger partial charge in [0, 0.05) is 31.0 Å². The summed E-state index contributed by atoms with van der Waals surface area (Å²) in [6.07, 6.45) is 3.70. The van der Waals surface area contributed by atoms with Crippen LogP contribution in [-0.4, -0.2) is 59.9 Å². The molecule has 3 heterocycles. The molecule has 27 heavy (non-hydrogen) atoms. The highest BCUT2D eigenvalue weighted by Gasteiger charge is 2.48. The number of piperidine rings is 1. The fourth-order valence-corrected chi connectivity index (χ4v) is 4.88. The molecule has 0 saturated carbocycles. The van der Waals surface area contributed by atoms with Crippen molar-refractivity contribution in [1.82, 2.24) is 9.80 Å². The van der Waals surface area contributed by atoms with Crippen LogP contribution in [0.3, 0.4) is 0 Å². The van der Waals surface area contributed by atoms with Crippen LogP contribution in [0.4, 0.5) is 0 Å². The van der Waals surface area contributed by atoms with Crippen LogP contribution in [0.15, 0.2) is 18.2 Å². The molecule has 2 atom stereocenters. The minimum Gasteiger partial charge on any atom is -0.496 e. The van der Waals surface area contributed by atoms with E-state index in [0.29, 0.717) is 42.7 Å². The number of methoxy groups -OCH3 is 2. The van der Waals surface area contributed by atoms with Crippen LogP contribution in [0.25, 0.3) is 0 Å². The topological polar surface area (TPSA) is 76.2 Å². The maximum Gasteiger partial charge on any atom is 0.261 e. The van der Waals surface area contributed by atoms with Crippen LogP contribution in [0.1, 0.15) is 48.9 Å². The van der Waals surface area contributed by atoms with E-state index in [0.717, 1.165) is 12.8 Å². The normalized spacial score (nSPS) is 27.3. The number of nitrogens with zero attached hydrogens (tertiary/aromatic N) is 2. The minimum atomic E-state index is -0.102. The van der Waals surface area contributed by atoms with E-state index in [2.05, 4.69) is 0 Å². The molecule has 3 saturated heterocycles. The fourth-order valence-electron chi connectivity index (χ4n) is 4.88. The molecule has 3 aliphatic rings. The largest absolute Gasteiger partial charge is 0.496 e. The van der Waals surface area contributed by atoms with Crippen LogP contribution in [0.5, 0.6) is 11.5 Å². The van der Waals surface area contributed by atoms with E-state index >= 15 is 0 Å². The number of likely N-dealkylation sites (tertiary alicyclic amines) is 1. The van der Waals surface area contributed by atoms with Crippen molar-refractivity contribution in [1.29, 1.82) is 0 Å². The smallest absolute Gasteiger partial charge is 0.261 e. The van der Waals surface area contributed by atoms with E-state index in [4.69, 9.17) is 9.47 Å². The first-order valence-electron chi connectivity index (χ1n) is 9.43. The van der Waals surface area contributed by atoms with E-state index in [1.165, 1.54) is 19.1 Å². The molecule has 3 amide bonds. The van der Waals surface area contributed by atoms with Crippen LogP contribution >= 0.6 is 0 Å². The summed E-state index contributed by atoms with van der Waals surface area (Å²) in [5.74, 6) is 0.733. The van der Waals surface area contributed by atoms with Gasteiger partial charge < -0.3 is 14.4 Å². The Labute approximate surface area is 158 Å². The number of hydrogen-bond donors (Lipinski definition) is 0. The summed E-state index contributed by atoms with van der Waals surface area (Å²) < 4.78 is 10.8. The van der Waals surface area contributed by atoms with Crippen molar-refractivity contribution >= 4 is 17.7 Å². The zero-order valence-corrected chi connectivity index (χ0v) is 15.6. The number of benzene rings is 1. The number of hydrogen-bond acceptors (Lipinski definition) is 5. The van der Waals surface area contributed by atoms with Gasteiger partial charge in [-0.25, -0.2) is 0 Å². The molecule has 0 spiro atoms. The SMILES string of the molecule is COc1cccc(OC)c1C(=O)N1C2CCC1CC(N1C(=O)CCC1=O)C2. The lowest BCUT2D eigenvalue weighted by atomic mass is 9.94. The second-order valence-corrected chi connectivity index (χ2v) is 7.42. The Morgan fingerprint density at radius 1 is 0.926 bits per heavy atom. The van der Waals surface area contributed by atoms with Crippen molar-refractivity contribution in [3.8, 4) is 11.5 Å². The van der Waals surface area contributed by atoms with Gasteiger partial charge in [0.2, 0.25) is 11.8 Å². The molecular weight excluding hydrogens is 348 g/mol. The van der Waals surface area contributed by atoms with Gasteiger partial charge in [-0.05, 0) is 37.8 Å². The maximum atomic E-state index is 13.4. The van der Waals surface area contributed by atoms with Crippen molar-refractivity contribution in [2.45, 2.75) is 56.7 Å². The summed E-state index contributed by atoms with van der Waals surface area (Å²) in [4.78, 5) is 41.0. The third-order valence-corrected chi connectivity index (χ3v) is 6.04. The molecule has 144 valence electrons. The minimum absolute atomic E-state index is 0.0251. The molecule has 1 aromatic rings. The predicted molar refractivity (Wildman–Crippen MR) is 96.6 cm³/mol.